The van der Waals surface area contributed by atoms with Gasteiger partial charge < -0.3 is 20.3 Å². The minimum Gasteiger partial charge on any atom is -0.494 e. The Morgan fingerprint density at radius 1 is 1.04 bits per heavy atom. The molecule has 2 rings (SSSR count). The summed E-state index contributed by atoms with van der Waals surface area (Å²) in [6, 6.07) is 19.8. The van der Waals surface area contributed by atoms with Crippen LogP contribution in [0.1, 0.15) is 18.9 Å². The number of amides is 1. The molecule has 0 radical (unpaired) electrons. The van der Waals surface area contributed by atoms with Crippen LogP contribution in [0.4, 0.5) is 0 Å². The van der Waals surface area contributed by atoms with E-state index < -0.39 is 0 Å². The number of guanidine groups is 1. The SMILES string of the molecule is CCN(Cc1ccccc1)C(=O)CNC(=NC)NCCCOc1ccccc1. The summed E-state index contributed by atoms with van der Waals surface area (Å²) < 4.78 is 5.66. The summed E-state index contributed by atoms with van der Waals surface area (Å²) in [5, 5.41) is 6.29. The molecule has 150 valence electrons. The maximum atomic E-state index is 12.5. The average Bonchev–Trinajstić information content (AvgIpc) is 2.75. The van der Waals surface area contributed by atoms with Gasteiger partial charge in [-0.15, -0.1) is 0 Å². The van der Waals surface area contributed by atoms with Crippen LogP contribution < -0.4 is 15.4 Å². The zero-order valence-corrected chi connectivity index (χ0v) is 16.7. The van der Waals surface area contributed by atoms with E-state index in [1.165, 1.54) is 0 Å². The van der Waals surface area contributed by atoms with Crippen molar-refractivity contribution in [2.75, 3.05) is 33.3 Å². The van der Waals surface area contributed by atoms with Crippen LogP contribution in [0.25, 0.3) is 0 Å². The zero-order valence-electron chi connectivity index (χ0n) is 16.7. The minimum atomic E-state index is 0.0433. The van der Waals surface area contributed by atoms with Crippen molar-refractivity contribution in [2.45, 2.75) is 19.9 Å². The molecule has 2 N–H and O–H groups in total. The number of benzene rings is 2. The minimum absolute atomic E-state index is 0.0433. The lowest BCUT2D eigenvalue weighted by Gasteiger charge is -2.22. The molecule has 0 aliphatic heterocycles. The third kappa shape index (κ3) is 7.70. The highest BCUT2D eigenvalue weighted by atomic mass is 16.5. The molecule has 0 saturated carbocycles. The number of aliphatic imine (C=N–C) groups is 1. The van der Waals surface area contributed by atoms with Gasteiger partial charge in [-0.1, -0.05) is 48.5 Å². The topological polar surface area (TPSA) is 66.0 Å². The lowest BCUT2D eigenvalue weighted by atomic mass is 10.2. The van der Waals surface area contributed by atoms with Crippen molar-refractivity contribution >= 4 is 11.9 Å². The molecule has 1 amide bonds. The highest BCUT2D eigenvalue weighted by Gasteiger charge is 2.12. The van der Waals surface area contributed by atoms with Gasteiger partial charge in [-0.2, -0.15) is 0 Å². The lowest BCUT2D eigenvalue weighted by molar-refractivity contribution is -0.130. The first-order valence-electron chi connectivity index (χ1n) is 9.67. The van der Waals surface area contributed by atoms with E-state index in [4.69, 9.17) is 4.74 Å². The Labute approximate surface area is 167 Å². The summed E-state index contributed by atoms with van der Waals surface area (Å²) in [6.07, 6.45) is 0.832. The molecule has 2 aromatic rings. The predicted molar refractivity (Wildman–Crippen MR) is 113 cm³/mol. The van der Waals surface area contributed by atoms with Crippen molar-refractivity contribution in [3.05, 3.63) is 66.2 Å². The van der Waals surface area contributed by atoms with E-state index in [1.54, 1.807) is 7.05 Å². The molecule has 6 nitrogen and oxygen atoms in total. The average molecular weight is 383 g/mol. The van der Waals surface area contributed by atoms with E-state index in [9.17, 15) is 4.79 Å². The van der Waals surface area contributed by atoms with Gasteiger partial charge in [0, 0.05) is 26.7 Å². The van der Waals surface area contributed by atoms with Crippen molar-refractivity contribution < 1.29 is 9.53 Å². The Bertz CT molecular complexity index is 720. The number of para-hydroxylation sites is 1. The maximum absolute atomic E-state index is 12.5. The van der Waals surface area contributed by atoms with Crippen molar-refractivity contribution in [1.82, 2.24) is 15.5 Å². The lowest BCUT2D eigenvalue weighted by Crippen LogP contribution is -2.44. The van der Waals surface area contributed by atoms with Crippen LogP contribution in [-0.4, -0.2) is 50.1 Å². The second-order valence-electron chi connectivity index (χ2n) is 6.26. The second kappa shape index (κ2) is 12.4. The van der Waals surface area contributed by atoms with Gasteiger partial charge in [0.05, 0.1) is 13.2 Å². The Balaban J connectivity index is 1.66. The van der Waals surface area contributed by atoms with Gasteiger partial charge >= 0.3 is 0 Å². The summed E-state index contributed by atoms with van der Waals surface area (Å²) in [5.74, 6) is 1.53. The van der Waals surface area contributed by atoms with Gasteiger partial charge in [0.1, 0.15) is 5.75 Å². The monoisotopic (exact) mass is 382 g/mol. The fourth-order valence-corrected chi connectivity index (χ4v) is 2.66. The number of nitrogens with one attached hydrogen (secondary N) is 2. The number of carbonyl (C=O) groups excluding carboxylic acids is 1. The van der Waals surface area contributed by atoms with Crippen LogP contribution in [0.15, 0.2) is 65.7 Å². The van der Waals surface area contributed by atoms with E-state index in [2.05, 4.69) is 15.6 Å². The molecular formula is C22H30N4O2. The normalized spacial score (nSPS) is 11.0. The summed E-state index contributed by atoms with van der Waals surface area (Å²) in [7, 11) is 1.70. The van der Waals surface area contributed by atoms with E-state index in [1.807, 2.05) is 72.5 Å². The van der Waals surface area contributed by atoms with Gasteiger partial charge in [-0.3, -0.25) is 9.79 Å². The van der Waals surface area contributed by atoms with E-state index in [0.717, 1.165) is 17.7 Å². The largest absolute Gasteiger partial charge is 0.494 e. The highest BCUT2D eigenvalue weighted by molar-refractivity contribution is 5.86. The van der Waals surface area contributed by atoms with E-state index in [0.29, 0.717) is 32.2 Å². The molecule has 0 aliphatic carbocycles. The summed E-state index contributed by atoms with van der Waals surface area (Å²) in [5.41, 5.74) is 1.12. The first-order chi connectivity index (χ1) is 13.7. The van der Waals surface area contributed by atoms with Crippen LogP contribution in [-0.2, 0) is 11.3 Å². The molecule has 0 spiro atoms. The Kier molecular flexibility index (Phi) is 9.41. The van der Waals surface area contributed by atoms with Crippen molar-refractivity contribution in [3.63, 3.8) is 0 Å². The zero-order chi connectivity index (χ0) is 20.0. The van der Waals surface area contributed by atoms with Gasteiger partial charge in [-0.05, 0) is 31.0 Å². The van der Waals surface area contributed by atoms with Gasteiger partial charge in [0.15, 0.2) is 5.96 Å². The number of ether oxygens (including phenoxy) is 1. The molecule has 28 heavy (non-hydrogen) atoms. The maximum Gasteiger partial charge on any atom is 0.242 e. The molecule has 6 heteroatoms. The molecule has 0 fully saturated rings. The quantitative estimate of drug-likeness (QED) is 0.377. The summed E-state index contributed by atoms with van der Waals surface area (Å²) in [4.78, 5) is 18.5. The standard InChI is InChI=1S/C22H30N4O2/c1-3-26(18-19-11-6-4-7-12-19)21(27)17-25-22(23-2)24-15-10-16-28-20-13-8-5-9-14-20/h4-9,11-14H,3,10,15-18H2,1-2H3,(H2,23,24,25). The highest BCUT2D eigenvalue weighted by Crippen LogP contribution is 2.08. The molecule has 0 atom stereocenters. The van der Waals surface area contributed by atoms with Gasteiger partial charge in [0.25, 0.3) is 0 Å². The van der Waals surface area contributed by atoms with Crippen molar-refractivity contribution in [3.8, 4) is 5.75 Å². The fourth-order valence-electron chi connectivity index (χ4n) is 2.66. The molecule has 0 heterocycles. The first-order valence-corrected chi connectivity index (χ1v) is 9.67. The molecular weight excluding hydrogens is 352 g/mol. The van der Waals surface area contributed by atoms with Crippen LogP contribution in [0.2, 0.25) is 0 Å². The van der Waals surface area contributed by atoms with E-state index >= 15 is 0 Å². The number of rotatable bonds is 10. The number of likely N-dealkylation sites (N-methyl/N-ethyl adjacent to an activating group) is 1. The van der Waals surface area contributed by atoms with E-state index in [-0.39, 0.29) is 12.5 Å². The number of nitrogens with zero attached hydrogens (tertiary/aromatic N) is 2. The number of hydrogen-bond acceptors (Lipinski definition) is 3. The fraction of sp³-hybridized carbons (Fsp3) is 0.364. The first kappa shape index (κ1) is 21.3. The molecule has 0 aliphatic rings. The van der Waals surface area contributed by atoms with Gasteiger partial charge in [-0.25, -0.2) is 0 Å². The van der Waals surface area contributed by atoms with Crippen molar-refractivity contribution in [1.29, 1.82) is 0 Å². The van der Waals surface area contributed by atoms with Crippen molar-refractivity contribution in [2.24, 2.45) is 4.99 Å². The second-order valence-corrected chi connectivity index (χ2v) is 6.26. The third-order valence-electron chi connectivity index (χ3n) is 4.21. The molecule has 0 unspecified atom stereocenters. The molecule has 0 saturated heterocycles. The molecule has 2 aromatic carbocycles. The summed E-state index contributed by atoms with van der Waals surface area (Å²) in [6.45, 7) is 4.80. The smallest absolute Gasteiger partial charge is 0.242 e. The molecule has 0 bridgehead atoms. The van der Waals surface area contributed by atoms with Crippen LogP contribution in [0, 0.1) is 0 Å². The number of hydrogen-bond donors (Lipinski definition) is 2. The summed E-state index contributed by atoms with van der Waals surface area (Å²) >= 11 is 0. The van der Waals surface area contributed by atoms with Crippen LogP contribution in [0.5, 0.6) is 5.75 Å². The third-order valence-corrected chi connectivity index (χ3v) is 4.21. The van der Waals surface area contributed by atoms with Crippen LogP contribution in [0.3, 0.4) is 0 Å². The Morgan fingerprint density at radius 3 is 2.36 bits per heavy atom. The molecule has 0 aromatic heterocycles. The van der Waals surface area contributed by atoms with Gasteiger partial charge in [0.2, 0.25) is 5.91 Å². The Hall–Kier alpha value is -3.02. The number of carbonyl (C=O) groups is 1. The Morgan fingerprint density at radius 2 is 1.71 bits per heavy atom. The van der Waals surface area contributed by atoms with Crippen LogP contribution >= 0.6 is 0 Å². The predicted octanol–water partition coefficient (Wildman–Crippen LogP) is 2.67.